The van der Waals surface area contributed by atoms with Gasteiger partial charge >= 0.3 is 6.03 Å². The van der Waals surface area contributed by atoms with Crippen LogP contribution in [0.15, 0.2) is 23.1 Å². The third kappa shape index (κ3) is 3.87. The van der Waals surface area contributed by atoms with Crippen LogP contribution in [-0.4, -0.2) is 73.4 Å². The Morgan fingerprint density at radius 1 is 1.11 bits per heavy atom. The van der Waals surface area contributed by atoms with Gasteiger partial charge in [0.25, 0.3) is 5.91 Å². The number of piperazine rings is 1. The minimum absolute atomic E-state index is 0.00184. The van der Waals surface area contributed by atoms with Gasteiger partial charge in [0.05, 0.1) is 6.67 Å². The van der Waals surface area contributed by atoms with Gasteiger partial charge in [-0.15, -0.1) is 0 Å². The number of benzene rings is 1. The first-order chi connectivity index (χ1) is 13.3. The third-order valence-electron chi connectivity index (χ3n) is 4.87. The fourth-order valence-corrected chi connectivity index (χ4v) is 4.90. The van der Waals surface area contributed by atoms with E-state index in [2.05, 4.69) is 5.32 Å². The number of hydrogen-bond acceptors (Lipinski definition) is 5. The molecule has 0 aliphatic carbocycles. The van der Waals surface area contributed by atoms with Crippen molar-refractivity contribution in [2.45, 2.75) is 30.7 Å². The number of nitrogens with one attached hydrogen (secondary N) is 1. The van der Waals surface area contributed by atoms with E-state index in [9.17, 15) is 26.8 Å². The van der Waals surface area contributed by atoms with Crippen molar-refractivity contribution in [3.63, 3.8) is 0 Å². The smallest absolute Gasteiger partial charge is 0.325 e. The molecule has 0 bridgehead atoms. The Kier molecular flexibility index (Phi) is 5.96. The molecule has 28 heavy (non-hydrogen) atoms. The number of rotatable bonds is 6. The molecule has 2 fully saturated rings. The number of urea groups is 1. The molecule has 1 N–H and O–H groups in total. The summed E-state index contributed by atoms with van der Waals surface area (Å²) in [6.45, 7) is 2.42. The van der Waals surface area contributed by atoms with Crippen LogP contribution >= 0.6 is 0 Å². The highest BCUT2D eigenvalue weighted by Gasteiger charge is 2.39. The predicted molar refractivity (Wildman–Crippen MR) is 95.6 cm³/mol. The molecular formula is C17H22F2N4O4S. The lowest BCUT2D eigenvalue weighted by atomic mass is 10.2. The van der Waals surface area contributed by atoms with Gasteiger partial charge in [-0.05, 0) is 18.6 Å². The van der Waals surface area contributed by atoms with Crippen molar-refractivity contribution in [3.8, 4) is 0 Å². The lowest BCUT2D eigenvalue weighted by Gasteiger charge is -2.35. The second-order valence-electron chi connectivity index (χ2n) is 6.77. The number of hydrogen-bond donors (Lipinski definition) is 1. The van der Waals surface area contributed by atoms with Gasteiger partial charge in [-0.1, -0.05) is 19.4 Å². The molecule has 0 radical (unpaired) electrons. The Labute approximate surface area is 162 Å². The van der Waals surface area contributed by atoms with E-state index in [4.69, 9.17) is 0 Å². The summed E-state index contributed by atoms with van der Waals surface area (Å²) >= 11 is 0. The Hall–Kier alpha value is -2.11. The molecule has 1 aromatic rings. The molecular weight excluding hydrogens is 394 g/mol. The molecule has 154 valence electrons. The second kappa shape index (κ2) is 8.10. The van der Waals surface area contributed by atoms with Crippen LogP contribution in [0.4, 0.5) is 13.6 Å². The van der Waals surface area contributed by atoms with Crippen molar-refractivity contribution in [2.24, 2.45) is 0 Å². The van der Waals surface area contributed by atoms with E-state index in [0.29, 0.717) is 6.42 Å². The van der Waals surface area contributed by atoms with Crippen LogP contribution < -0.4 is 5.32 Å². The molecule has 2 heterocycles. The molecule has 2 aliphatic rings. The number of halogens is 2. The minimum Gasteiger partial charge on any atom is -0.326 e. The van der Waals surface area contributed by atoms with Gasteiger partial charge in [0, 0.05) is 26.2 Å². The Morgan fingerprint density at radius 2 is 1.71 bits per heavy atom. The SMILES string of the molecule is CCC[C@H]1NC(=O)N(CN2CCN(S(=O)(=O)c3c(F)cccc3F)CC2)C1=O. The fourth-order valence-electron chi connectivity index (χ4n) is 3.36. The average molecular weight is 416 g/mol. The summed E-state index contributed by atoms with van der Waals surface area (Å²) in [6.07, 6.45) is 1.31. The van der Waals surface area contributed by atoms with E-state index in [1.165, 1.54) is 0 Å². The monoisotopic (exact) mass is 416 g/mol. The Bertz CT molecular complexity index is 852. The fraction of sp³-hybridized carbons (Fsp3) is 0.529. The van der Waals surface area contributed by atoms with Crippen LogP contribution in [0.3, 0.4) is 0 Å². The van der Waals surface area contributed by atoms with Gasteiger partial charge in [-0.3, -0.25) is 9.69 Å². The maximum absolute atomic E-state index is 13.9. The zero-order chi connectivity index (χ0) is 20.5. The van der Waals surface area contributed by atoms with Gasteiger partial charge in [-0.2, -0.15) is 4.31 Å². The highest BCUT2D eigenvalue weighted by atomic mass is 32.2. The molecule has 3 amide bonds. The van der Waals surface area contributed by atoms with E-state index in [1.807, 2.05) is 6.92 Å². The molecule has 11 heteroatoms. The van der Waals surface area contributed by atoms with Crippen LogP contribution in [0.1, 0.15) is 19.8 Å². The van der Waals surface area contributed by atoms with Crippen LogP contribution in [0.2, 0.25) is 0 Å². The number of carbonyl (C=O) groups is 2. The first kappa shape index (κ1) is 20.6. The summed E-state index contributed by atoms with van der Waals surface area (Å²) < 4.78 is 54.0. The molecule has 1 aromatic carbocycles. The first-order valence-electron chi connectivity index (χ1n) is 9.04. The second-order valence-corrected chi connectivity index (χ2v) is 8.65. The summed E-state index contributed by atoms with van der Waals surface area (Å²) in [6, 6.07) is 1.91. The quantitative estimate of drug-likeness (QED) is 0.698. The van der Waals surface area contributed by atoms with E-state index in [-0.39, 0.29) is 38.8 Å². The standard InChI is InChI=1S/C17H22F2N4O4S/c1-2-4-14-16(24)23(17(25)20-14)11-21-7-9-22(10-8-21)28(26,27)15-12(18)5-3-6-13(15)19/h3,5-6,14H,2,4,7-11H2,1H3,(H,20,25)/t14-/m1/s1. The van der Waals surface area contributed by atoms with E-state index < -0.39 is 38.6 Å². The van der Waals surface area contributed by atoms with Crippen molar-refractivity contribution in [3.05, 3.63) is 29.8 Å². The number of sulfonamides is 1. The molecule has 0 spiro atoms. The molecule has 2 saturated heterocycles. The maximum atomic E-state index is 13.9. The first-order valence-corrected chi connectivity index (χ1v) is 10.5. The van der Waals surface area contributed by atoms with E-state index >= 15 is 0 Å². The third-order valence-corrected chi connectivity index (χ3v) is 6.82. The van der Waals surface area contributed by atoms with Crippen LogP contribution in [0.5, 0.6) is 0 Å². The summed E-state index contributed by atoms with van der Waals surface area (Å²) in [5.74, 6) is -2.57. The molecule has 0 unspecified atom stereocenters. The maximum Gasteiger partial charge on any atom is 0.325 e. The van der Waals surface area contributed by atoms with Gasteiger partial charge in [-0.25, -0.2) is 26.9 Å². The normalized spacial score (nSPS) is 22.0. The number of imide groups is 1. The van der Waals surface area contributed by atoms with Crippen LogP contribution in [0, 0.1) is 11.6 Å². The highest BCUT2D eigenvalue weighted by Crippen LogP contribution is 2.24. The van der Waals surface area contributed by atoms with Crippen molar-refractivity contribution in [2.75, 3.05) is 32.8 Å². The highest BCUT2D eigenvalue weighted by molar-refractivity contribution is 7.89. The van der Waals surface area contributed by atoms with Crippen LogP contribution in [-0.2, 0) is 14.8 Å². The Morgan fingerprint density at radius 3 is 2.29 bits per heavy atom. The largest absolute Gasteiger partial charge is 0.326 e. The van der Waals surface area contributed by atoms with Gasteiger partial charge in [0.2, 0.25) is 10.0 Å². The van der Waals surface area contributed by atoms with Gasteiger partial charge in [0.15, 0.2) is 4.90 Å². The number of nitrogens with zero attached hydrogens (tertiary/aromatic N) is 3. The van der Waals surface area contributed by atoms with E-state index in [1.54, 1.807) is 4.90 Å². The molecule has 3 rings (SSSR count). The number of carbonyl (C=O) groups excluding carboxylic acids is 2. The summed E-state index contributed by atoms with van der Waals surface area (Å²) in [4.78, 5) is 26.2. The molecule has 8 nitrogen and oxygen atoms in total. The van der Waals surface area contributed by atoms with Gasteiger partial charge in [0.1, 0.15) is 17.7 Å². The molecule has 0 saturated carbocycles. The summed E-state index contributed by atoms with van der Waals surface area (Å²) in [5, 5.41) is 2.63. The zero-order valence-corrected chi connectivity index (χ0v) is 16.2. The minimum atomic E-state index is -4.31. The lowest BCUT2D eigenvalue weighted by molar-refractivity contribution is -0.129. The lowest BCUT2D eigenvalue weighted by Crippen LogP contribution is -2.52. The molecule has 1 atom stereocenters. The van der Waals surface area contributed by atoms with Crippen molar-refractivity contribution in [1.82, 2.24) is 19.4 Å². The van der Waals surface area contributed by atoms with E-state index in [0.717, 1.165) is 33.8 Å². The summed E-state index contributed by atoms with van der Waals surface area (Å²) in [5.41, 5.74) is 0. The van der Waals surface area contributed by atoms with Crippen molar-refractivity contribution >= 4 is 22.0 Å². The molecule has 2 aliphatic heterocycles. The predicted octanol–water partition coefficient (Wildman–Crippen LogP) is 0.949. The van der Waals surface area contributed by atoms with Crippen LogP contribution in [0.25, 0.3) is 0 Å². The van der Waals surface area contributed by atoms with Crippen molar-refractivity contribution < 1.29 is 26.8 Å². The average Bonchev–Trinajstić information content (AvgIpc) is 2.90. The number of amides is 3. The topological polar surface area (TPSA) is 90.0 Å². The molecule has 0 aromatic heterocycles. The van der Waals surface area contributed by atoms with Gasteiger partial charge < -0.3 is 5.32 Å². The Balaban J connectivity index is 1.63. The van der Waals surface area contributed by atoms with Crippen molar-refractivity contribution in [1.29, 1.82) is 0 Å². The summed E-state index contributed by atoms with van der Waals surface area (Å²) in [7, 11) is -4.31. The zero-order valence-electron chi connectivity index (χ0n) is 15.4.